The van der Waals surface area contributed by atoms with Gasteiger partial charge in [0.1, 0.15) is 12.7 Å². The Morgan fingerprint density at radius 2 is 1.80 bits per heavy atom. The lowest BCUT2D eigenvalue weighted by atomic mass is 9.86. The zero-order valence-corrected chi connectivity index (χ0v) is 17.1. The van der Waals surface area contributed by atoms with Gasteiger partial charge < -0.3 is 9.47 Å². The molecule has 0 unspecified atom stereocenters. The van der Waals surface area contributed by atoms with Crippen LogP contribution in [0.1, 0.15) is 37.5 Å². The van der Waals surface area contributed by atoms with E-state index in [0.29, 0.717) is 16.9 Å². The van der Waals surface area contributed by atoms with Crippen LogP contribution in [0.15, 0.2) is 48.0 Å². The normalized spacial score (nSPS) is 12.3. The predicted octanol–water partition coefficient (Wildman–Crippen LogP) is 5.82. The lowest BCUT2D eigenvalue weighted by Crippen LogP contribution is -2.21. The van der Waals surface area contributed by atoms with Crippen molar-refractivity contribution in [1.29, 1.82) is 5.26 Å². The first-order chi connectivity index (χ1) is 14.0. The van der Waals surface area contributed by atoms with E-state index in [-0.39, 0.29) is 23.7 Å². The number of hydrogen-bond donors (Lipinski definition) is 0. The molecule has 0 aliphatic carbocycles. The summed E-state index contributed by atoms with van der Waals surface area (Å²) in [5.74, 6) is 0.358. The molecule has 0 saturated carbocycles. The van der Waals surface area contributed by atoms with Crippen LogP contribution in [0.2, 0.25) is 0 Å². The Labute approximate surface area is 173 Å². The number of benzene rings is 2. The fourth-order valence-electron chi connectivity index (χ4n) is 2.61. The lowest BCUT2D eigenvalue weighted by Gasteiger charge is -2.16. The van der Waals surface area contributed by atoms with E-state index in [1.807, 2.05) is 6.07 Å². The molecule has 2 aromatic carbocycles. The summed E-state index contributed by atoms with van der Waals surface area (Å²) in [7, 11) is 1.44. The van der Waals surface area contributed by atoms with Crippen molar-refractivity contribution >= 4 is 11.9 Å². The third-order valence-corrected chi connectivity index (χ3v) is 4.19. The number of halogens is 3. The van der Waals surface area contributed by atoms with Crippen LogP contribution in [0, 0.1) is 16.7 Å². The fraction of sp³-hybridized carbons (Fsp3) is 0.304. The number of nitrogens with zero attached hydrogens (tertiary/aromatic N) is 1. The van der Waals surface area contributed by atoms with E-state index < -0.39 is 17.2 Å². The summed E-state index contributed by atoms with van der Waals surface area (Å²) in [6.45, 7) is 5.05. The SMILES string of the molecule is COc1ccc(/C=C(/C#N)C(=O)C(C)(C)C)cc1OCc1cccc(C(F)(F)F)c1. The Kier molecular flexibility index (Phi) is 6.93. The predicted molar refractivity (Wildman–Crippen MR) is 107 cm³/mol. The Morgan fingerprint density at radius 1 is 1.10 bits per heavy atom. The van der Waals surface area contributed by atoms with Gasteiger partial charge in [-0.25, -0.2) is 0 Å². The Bertz CT molecular complexity index is 996. The third kappa shape index (κ3) is 5.86. The molecule has 30 heavy (non-hydrogen) atoms. The Morgan fingerprint density at radius 3 is 2.37 bits per heavy atom. The molecule has 7 heteroatoms. The van der Waals surface area contributed by atoms with Crippen molar-refractivity contribution in [3.05, 3.63) is 64.7 Å². The van der Waals surface area contributed by atoms with Crippen LogP contribution >= 0.6 is 0 Å². The van der Waals surface area contributed by atoms with E-state index in [1.54, 1.807) is 39.0 Å². The second-order valence-electron chi connectivity index (χ2n) is 7.65. The standard InChI is InChI=1S/C23H22F3NO3/c1-22(2,3)21(28)17(13-27)10-15-8-9-19(29-4)20(12-15)30-14-16-6-5-7-18(11-16)23(24,25)26/h5-12H,14H2,1-4H3/b17-10-. The molecule has 0 bridgehead atoms. The van der Waals surface area contributed by atoms with Gasteiger partial charge in [-0.1, -0.05) is 39.0 Å². The Hall–Kier alpha value is -3.27. The third-order valence-electron chi connectivity index (χ3n) is 4.19. The van der Waals surface area contributed by atoms with Crippen LogP contribution in [-0.2, 0) is 17.6 Å². The second kappa shape index (κ2) is 9.04. The van der Waals surface area contributed by atoms with Gasteiger partial charge in [-0.15, -0.1) is 0 Å². The molecule has 0 N–H and O–H groups in total. The molecule has 158 valence electrons. The zero-order valence-electron chi connectivity index (χ0n) is 17.1. The monoisotopic (exact) mass is 417 g/mol. The highest BCUT2D eigenvalue weighted by molar-refractivity contribution is 6.06. The summed E-state index contributed by atoms with van der Waals surface area (Å²) in [4.78, 5) is 12.4. The maximum atomic E-state index is 12.9. The van der Waals surface area contributed by atoms with Crippen LogP contribution in [0.4, 0.5) is 13.2 Å². The number of ketones is 1. The fourth-order valence-corrected chi connectivity index (χ4v) is 2.61. The summed E-state index contributed by atoms with van der Waals surface area (Å²) in [6, 6.07) is 11.6. The van der Waals surface area contributed by atoms with Gasteiger partial charge in [-0.3, -0.25) is 4.79 Å². The topological polar surface area (TPSA) is 59.3 Å². The zero-order chi connectivity index (χ0) is 22.5. The molecule has 0 heterocycles. The minimum absolute atomic E-state index is 0.00325. The van der Waals surface area contributed by atoms with Crippen molar-refractivity contribution in [3.63, 3.8) is 0 Å². The summed E-state index contributed by atoms with van der Waals surface area (Å²) >= 11 is 0. The molecule has 2 rings (SSSR count). The number of alkyl halides is 3. The molecule has 0 aliphatic heterocycles. The van der Waals surface area contributed by atoms with Crippen molar-refractivity contribution in [3.8, 4) is 17.6 Å². The van der Waals surface area contributed by atoms with E-state index in [1.165, 1.54) is 25.3 Å². The average molecular weight is 417 g/mol. The number of allylic oxidation sites excluding steroid dienone is 1. The molecule has 0 spiro atoms. The van der Waals surface area contributed by atoms with Crippen molar-refractivity contribution in [2.45, 2.75) is 33.6 Å². The average Bonchev–Trinajstić information content (AvgIpc) is 2.69. The number of rotatable bonds is 6. The van der Waals surface area contributed by atoms with Gasteiger partial charge in [-0.05, 0) is 41.5 Å². The number of carbonyl (C=O) groups is 1. The van der Waals surface area contributed by atoms with E-state index in [4.69, 9.17) is 9.47 Å². The minimum atomic E-state index is -4.44. The molecule has 0 aliphatic rings. The van der Waals surface area contributed by atoms with Crippen molar-refractivity contribution in [2.75, 3.05) is 7.11 Å². The second-order valence-corrected chi connectivity index (χ2v) is 7.65. The smallest absolute Gasteiger partial charge is 0.416 e. The van der Waals surface area contributed by atoms with Gasteiger partial charge in [0.05, 0.1) is 18.2 Å². The number of nitriles is 1. The van der Waals surface area contributed by atoms with Gasteiger partial charge in [0.15, 0.2) is 17.3 Å². The first kappa shape index (κ1) is 23.0. The molecule has 0 atom stereocenters. The van der Waals surface area contributed by atoms with Gasteiger partial charge in [0.2, 0.25) is 0 Å². The summed E-state index contributed by atoms with van der Waals surface area (Å²) in [5, 5.41) is 9.35. The first-order valence-electron chi connectivity index (χ1n) is 9.09. The number of Topliss-reactive ketones (excluding diaryl/α,β-unsaturated/α-hetero) is 1. The molecule has 0 fully saturated rings. The van der Waals surface area contributed by atoms with E-state index in [9.17, 15) is 23.2 Å². The molecule has 4 nitrogen and oxygen atoms in total. The van der Waals surface area contributed by atoms with Crippen LogP contribution in [0.3, 0.4) is 0 Å². The molecule has 0 amide bonds. The highest BCUT2D eigenvalue weighted by Gasteiger charge is 2.30. The van der Waals surface area contributed by atoms with Crippen molar-refractivity contribution in [2.24, 2.45) is 5.41 Å². The van der Waals surface area contributed by atoms with Crippen molar-refractivity contribution < 1.29 is 27.4 Å². The van der Waals surface area contributed by atoms with E-state index in [2.05, 4.69) is 0 Å². The summed E-state index contributed by atoms with van der Waals surface area (Å²) in [6.07, 6.45) is -2.99. The van der Waals surface area contributed by atoms with Gasteiger partial charge in [0, 0.05) is 5.41 Å². The lowest BCUT2D eigenvalue weighted by molar-refractivity contribution is -0.137. The van der Waals surface area contributed by atoms with Crippen LogP contribution in [-0.4, -0.2) is 12.9 Å². The van der Waals surface area contributed by atoms with Gasteiger partial charge in [0.25, 0.3) is 0 Å². The van der Waals surface area contributed by atoms with E-state index in [0.717, 1.165) is 12.1 Å². The first-order valence-corrected chi connectivity index (χ1v) is 9.09. The maximum Gasteiger partial charge on any atom is 0.416 e. The van der Waals surface area contributed by atoms with Gasteiger partial charge >= 0.3 is 6.18 Å². The summed E-state index contributed by atoms with van der Waals surface area (Å²) < 4.78 is 49.6. The molecule has 0 aromatic heterocycles. The molecule has 0 radical (unpaired) electrons. The van der Waals surface area contributed by atoms with Gasteiger partial charge in [-0.2, -0.15) is 18.4 Å². The highest BCUT2D eigenvalue weighted by atomic mass is 19.4. The molecular formula is C23H22F3NO3. The van der Waals surface area contributed by atoms with Crippen LogP contribution in [0.25, 0.3) is 6.08 Å². The number of carbonyl (C=O) groups excluding carboxylic acids is 1. The van der Waals surface area contributed by atoms with Crippen LogP contribution in [0.5, 0.6) is 11.5 Å². The van der Waals surface area contributed by atoms with Crippen molar-refractivity contribution in [1.82, 2.24) is 0 Å². The number of ether oxygens (including phenoxy) is 2. The molecule has 0 saturated heterocycles. The minimum Gasteiger partial charge on any atom is -0.493 e. The highest BCUT2D eigenvalue weighted by Crippen LogP contribution is 2.32. The number of hydrogen-bond acceptors (Lipinski definition) is 4. The Balaban J connectivity index is 2.30. The summed E-state index contributed by atoms with van der Waals surface area (Å²) in [5.41, 5.74) is -0.600. The molecule has 2 aromatic rings. The van der Waals surface area contributed by atoms with E-state index >= 15 is 0 Å². The number of methoxy groups -OCH3 is 1. The largest absolute Gasteiger partial charge is 0.493 e. The quantitative estimate of drug-likeness (QED) is 0.439. The van der Waals surface area contributed by atoms with Crippen LogP contribution < -0.4 is 9.47 Å². The molecular weight excluding hydrogens is 395 g/mol. The maximum absolute atomic E-state index is 12.9.